The summed E-state index contributed by atoms with van der Waals surface area (Å²) in [4.78, 5) is 0. The fourth-order valence-electron chi connectivity index (χ4n) is 1.66. The van der Waals surface area contributed by atoms with E-state index in [0.717, 1.165) is 51.4 Å². The minimum absolute atomic E-state index is 0.658. The van der Waals surface area contributed by atoms with Crippen LogP contribution in [-0.4, -0.2) is 31.5 Å². The van der Waals surface area contributed by atoms with Gasteiger partial charge < -0.3 is 18.1 Å². The van der Waals surface area contributed by atoms with E-state index in [1.54, 1.807) is 22.8 Å². The first-order valence-corrected chi connectivity index (χ1v) is 18.5. The van der Waals surface area contributed by atoms with Crippen LogP contribution in [-0.2, 0) is 41.7 Å². The third-order valence-corrected chi connectivity index (χ3v) is 15.1. The maximum absolute atomic E-state index is 5.98. The van der Waals surface area contributed by atoms with E-state index in [9.17, 15) is 0 Å². The topological polar surface area (TPSA) is 36.9 Å². The molecule has 0 N–H and O–H groups in total. The predicted octanol–water partition coefficient (Wildman–Crippen LogP) is 8.13. The van der Waals surface area contributed by atoms with E-state index in [2.05, 4.69) is 27.7 Å². The van der Waals surface area contributed by atoms with Crippen LogP contribution < -0.4 is 0 Å². The van der Waals surface area contributed by atoms with Gasteiger partial charge in [0.15, 0.2) is 0 Å². The lowest BCUT2D eigenvalue weighted by Crippen LogP contribution is -1.99. The molecule has 0 saturated heterocycles. The fourth-order valence-corrected chi connectivity index (χ4v) is 13.8. The second-order valence-electron chi connectivity index (χ2n) is 6.02. The summed E-state index contributed by atoms with van der Waals surface area (Å²) in [5.41, 5.74) is -4.68. The Morgan fingerprint density at radius 1 is 0.556 bits per heavy atom. The highest BCUT2D eigenvalue weighted by Gasteiger charge is 2.25. The van der Waals surface area contributed by atoms with E-state index in [-0.39, 0.29) is 0 Å². The normalized spacial score (nSPS) is 12.6. The Hall–Kier alpha value is 1.84. The van der Waals surface area contributed by atoms with Crippen molar-refractivity contribution in [3.05, 3.63) is 0 Å². The average Bonchev–Trinajstić information content (AvgIpc) is 2.63. The van der Waals surface area contributed by atoms with Crippen molar-refractivity contribution < 1.29 is 18.1 Å². The quantitative estimate of drug-likeness (QED) is 0.0950. The maximum atomic E-state index is 5.98. The van der Waals surface area contributed by atoms with Crippen molar-refractivity contribution >= 4 is 57.8 Å². The highest BCUT2D eigenvalue weighted by molar-refractivity contribution is 8.76. The average molecular weight is 497 g/mol. The predicted molar refractivity (Wildman–Crippen MR) is 132 cm³/mol. The zero-order valence-electron chi connectivity index (χ0n) is 17.4. The van der Waals surface area contributed by atoms with Gasteiger partial charge in [-0.05, 0) is 49.3 Å². The Morgan fingerprint density at radius 2 is 0.815 bits per heavy atom. The molecule has 0 saturated carbocycles. The van der Waals surface area contributed by atoms with Gasteiger partial charge in [0, 0.05) is 0 Å². The molecular formula is C17H38O4P2S4. The molecule has 0 atom stereocenters. The van der Waals surface area contributed by atoms with Gasteiger partial charge in [0.2, 0.25) is 11.4 Å². The summed E-state index contributed by atoms with van der Waals surface area (Å²) < 4.78 is 23.9. The molecule has 0 rings (SSSR count). The summed E-state index contributed by atoms with van der Waals surface area (Å²) >= 11 is 14.6. The van der Waals surface area contributed by atoms with Crippen LogP contribution in [0.4, 0.5) is 0 Å². The molecule has 0 aliphatic rings. The van der Waals surface area contributed by atoms with Crippen molar-refractivity contribution in [1.82, 2.24) is 0 Å². The van der Waals surface area contributed by atoms with E-state index >= 15 is 0 Å². The SMILES string of the molecule is CCCCOP(=S)(OCCCC)SCSP(=S)(OCCCC)OCCCC. The van der Waals surface area contributed by atoms with Gasteiger partial charge in [-0.1, -0.05) is 76.1 Å². The standard InChI is InChI=1S/C17H38O4P2S4/c1-5-9-13-18-22(24,19-14-10-6-2)26-17-27-23(25,20-15-11-7-3)21-16-12-8-4/h5-17H2,1-4H3. The van der Waals surface area contributed by atoms with Crippen LogP contribution in [0.2, 0.25) is 0 Å². The molecule has 164 valence electrons. The van der Waals surface area contributed by atoms with Crippen molar-refractivity contribution in [1.29, 1.82) is 0 Å². The van der Waals surface area contributed by atoms with Crippen LogP contribution in [0.5, 0.6) is 0 Å². The Morgan fingerprint density at radius 3 is 1.04 bits per heavy atom. The van der Waals surface area contributed by atoms with Gasteiger partial charge in [-0.2, -0.15) is 0 Å². The molecule has 0 aliphatic carbocycles. The lowest BCUT2D eigenvalue weighted by atomic mass is 10.4. The van der Waals surface area contributed by atoms with Crippen LogP contribution in [0, 0.1) is 0 Å². The molecule has 27 heavy (non-hydrogen) atoms. The summed E-state index contributed by atoms with van der Waals surface area (Å²) in [5, 5.41) is 0.686. The zero-order valence-corrected chi connectivity index (χ0v) is 22.4. The summed E-state index contributed by atoms with van der Waals surface area (Å²) in [5.74, 6) is 0. The van der Waals surface area contributed by atoms with Gasteiger partial charge in [0.25, 0.3) is 0 Å². The summed E-state index contributed by atoms with van der Waals surface area (Å²) in [6.07, 6.45) is 8.34. The minimum atomic E-state index is -2.34. The molecule has 4 nitrogen and oxygen atoms in total. The van der Waals surface area contributed by atoms with E-state index < -0.39 is 11.4 Å². The number of unbranched alkanes of at least 4 members (excludes halogenated alkanes) is 4. The van der Waals surface area contributed by atoms with Crippen LogP contribution >= 0.6 is 34.2 Å². The van der Waals surface area contributed by atoms with Gasteiger partial charge in [-0.3, -0.25) is 0 Å². The van der Waals surface area contributed by atoms with Gasteiger partial charge in [0.05, 0.1) is 31.5 Å². The Bertz CT molecular complexity index is 375. The monoisotopic (exact) mass is 496 g/mol. The van der Waals surface area contributed by atoms with Gasteiger partial charge in [-0.15, -0.1) is 0 Å². The van der Waals surface area contributed by atoms with Gasteiger partial charge >= 0.3 is 0 Å². The summed E-state index contributed by atoms with van der Waals surface area (Å²) in [7, 11) is 0. The van der Waals surface area contributed by atoms with Crippen LogP contribution in [0.25, 0.3) is 0 Å². The van der Waals surface area contributed by atoms with Crippen LogP contribution in [0.1, 0.15) is 79.1 Å². The van der Waals surface area contributed by atoms with Crippen molar-refractivity contribution in [2.75, 3.05) is 31.5 Å². The van der Waals surface area contributed by atoms with Crippen LogP contribution in [0.3, 0.4) is 0 Å². The highest BCUT2D eigenvalue weighted by atomic mass is 32.9. The van der Waals surface area contributed by atoms with Crippen molar-refractivity contribution in [2.45, 2.75) is 79.1 Å². The van der Waals surface area contributed by atoms with Crippen molar-refractivity contribution in [2.24, 2.45) is 0 Å². The molecule has 0 radical (unpaired) electrons. The molecule has 0 unspecified atom stereocenters. The molecule has 0 aromatic rings. The Kier molecular flexibility index (Phi) is 19.9. The molecular weight excluding hydrogens is 458 g/mol. The molecule has 0 aromatic heterocycles. The van der Waals surface area contributed by atoms with E-state index in [0.29, 0.717) is 31.5 Å². The van der Waals surface area contributed by atoms with E-state index in [1.165, 1.54) is 0 Å². The number of hydrogen-bond acceptors (Lipinski definition) is 8. The van der Waals surface area contributed by atoms with Gasteiger partial charge in [-0.25, -0.2) is 0 Å². The first kappa shape index (κ1) is 28.8. The summed E-state index contributed by atoms with van der Waals surface area (Å²) in [6, 6.07) is 0. The molecule has 0 fully saturated rings. The molecule has 0 spiro atoms. The van der Waals surface area contributed by atoms with E-state index in [1.807, 2.05) is 0 Å². The summed E-state index contributed by atoms with van der Waals surface area (Å²) in [6.45, 7) is 11.2. The van der Waals surface area contributed by atoms with Crippen molar-refractivity contribution in [3.63, 3.8) is 0 Å². The number of hydrogen-bond donors (Lipinski definition) is 0. The Labute approximate surface area is 185 Å². The second kappa shape index (κ2) is 18.6. The molecule has 0 aromatic carbocycles. The number of rotatable bonds is 20. The molecule has 0 heterocycles. The molecule has 0 amide bonds. The minimum Gasteiger partial charge on any atom is -0.322 e. The van der Waals surface area contributed by atoms with Gasteiger partial charge in [0.1, 0.15) is 0 Å². The third-order valence-electron chi connectivity index (χ3n) is 3.41. The molecule has 10 heteroatoms. The largest absolute Gasteiger partial charge is 0.322 e. The van der Waals surface area contributed by atoms with Crippen molar-refractivity contribution in [3.8, 4) is 0 Å². The van der Waals surface area contributed by atoms with E-state index in [4.69, 9.17) is 41.7 Å². The maximum Gasteiger partial charge on any atom is 0.248 e. The van der Waals surface area contributed by atoms with Crippen LogP contribution in [0.15, 0.2) is 0 Å². The highest BCUT2D eigenvalue weighted by Crippen LogP contribution is 2.68. The second-order valence-corrected chi connectivity index (χ2v) is 19.0. The first-order valence-electron chi connectivity index (χ1n) is 10.0. The molecule has 0 bridgehead atoms. The first-order chi connectivity index (χ1) is 12.9. The molecule has 0 aliphatic heterocycles. The lowest BCUT2D eigenvalue weighted by molar-refractivity contribution is 0.253. The Balaban J connectivity index is 4.65. The zero-order chi connectivity index (χ0) is 20.4. The smallest absolute Gasteiger partial charge is 0.248 e. The third kappa shape index (κ3) is 16.2. The lowest BCUT2D eigenvalue weighted by Gasteiger charge is -2.24. The fraction of sp³-hybridized carbons (Fsp3) is 1.00.